The van der Waals surface area contributed by atoms with Crippen LogP contribution in [0.15, 0.2) is 0 Å². The van der Waals surface area contributed by atoms with Gasteiger partial charge in [0.25, 0.3) is 0 Å². The standard InChI is InChI=1S/C25H49N3O6/c1-9-11-12-18(28-24(33)34-25(6,7)8)23(32)27-19(13-16(3)4)21(30)14-22(31)26-20(15-29)17(5)10-2/h16-21,29-30H,9-15H2,1-8H3,(H,26,31)(H,27,32)(H,28,33)/t17-,18-,19-,20+,21-/m0/s1. The zero-order valence-corrected chi connectivity index (χ0v) is 22.4. The highest BCUT2D eigenvalue weighted by Crippen LogP contribution is 2.14. The van der Waals surface area contributed by atoms with Crippen LogP contribution in [0.2, 0.25) is 0 Å². The fraction of sp³-hybridized carbons (Fsp3) is 0.880. The molecule has 0 aromatic rings. The van der Waals surface area contributed by atoms with Gasteiger partial charge in [-0.15, -0.1) is 0 Å². The Bertz CT molecular complexity index is 620. The zero-order chi connectivity index (χ0) is 26.5. The fourth-order valence-electron chi connectivity index (χ4n) is 3.48. The number of carbonyl (C=O) groups is 3. The number of carbonyl (C=O) groups excluding carboxylic acids is 3. The Labute approximate surface area is 205 Å². The van der Waals surface area contributed by atoms with Crippen LogP contribution in [0.25, 0.3) is 0 Å². The molecule has 0 aliphatic carbocycles. The molecule has 9 nitrogen and oxygen atoms in total. The van der Waals surface area contributed by atoms with Gasteiger partial charge in [-0.3, -0.25) is 9.59 Å². The number of unbranched alkanes of at least 4 members (excludes halogenated alkanes) is 1. The van der Waals surface area contributed by atoms with Crippen molar-refractivity contribution in [2.75, 3.05) is 6.61 Å². The van der Waals surface area contributed by atoms with Gasteiger partial charge < -0.3 is 30.9 Å². The lowest BCUT2D eigenvalue weighted by Crippen LogP contribution is -2.54. The minimum atomic E-state index is -1.11. The van der Waals surface area contributed by atoms with E-state index in [1.54, 1.807) is 20.8 Å². The number of aliphatic hydroxyl groups is 2. The molecule has 0 bridgehead atoms. The van der Waals surface area contributed by atoms with Crippen LogP contribution in [0.3, 0.4) is 0 Å². The number of rotatable bonds is 15. The number of nitrogens with one attached hydrogen (secondary N) is 3. The van der Waals surface area contributed by atoms with E-state index in [-0.39, 0.29) is 36.8 Å². The second-order valence-corrected chi connectivity index (χ2v) is 10.6. The van der Waals surface area contributed by atoms with Gasteiger partial charge in [0.05, 0.1) is 31.2 Å². The number of amides is 3. The van der Waals surface area contributed by atoms with Crippen LogP contribution in [0, 0.1) is 11.8 Å². The van der Waals surface area contributed by atoms with Crippen LogP contribution in [0.4, 0.5) is 4.79 Å². The highest BCUT2D eigenvalue weighted by atomic mass is 16.6. The van der Waals surface area contributed by atoms with Gasteiger partial charge in [0.1, 0.15) is 11.6 Å². The van der Waals surface area contributed by atoms with Crippen molar-refractivity contribution in [3.05, 3.63) is 0 Å². The van der Waals surface area contributed by atoms with Crippen LogP contribution >= 0.6 is 0 Å². The van der Waals surface area contributed by atoms with Gasteiger partial charge in [0, 0.05) is 0 Å². The first-order valence-electron chi connectivity index (χ1n) is 12.6. The van der Waals surface area contributed by atoms with Crippen molar-refractivity contribution in [1.29, 1.82) is 0 Å². The van der Waals surface area contributed by atoms with Crippen LogP contribution in [0.5, 0.6) is 0 Å². The van der Waals surface area contributed by atoms with Crippen molar-refractivity contribution in [3.8, 4) is 0 Å². The van der Waals surface area contributed by atoms with Gasteiger partial charge in [-0.05, 0) is 45.4 Å². The molecule has 5 N–H and O–H groups in total. The van der Waals surface area contributed by atoms with Gasteiger partial charge in [0.2, 0.25) is 11.8 Å². The van der Waals surface area contributed by atoms with Gasteiger partial charge in [-0.25, -0.2) is 4.79 Å². The van der Waals surface area contributed by atoms with Crippen LogP contribution in [0.1, 0.15) is 93.9 Å². The third-order valence-corrected chi connectivity index (χ3v) is 5.64. The smallest absolute Gasteiger partial charge is 0.408 e. The first-order chi connectivity index (χ1) is 15.7. The molecule has 0 fully saturated rings. The average molecular weight is 488 g/mol. The Morgan fingerprint density at radius 2 is 1.59 bits per heavy atom. The maximum Gasteiger partial charge on any atom is 0.408 e. The van der Waals surface area contributed by atoms with Gasteiger partial charge >= 0.3 is 6.09 Å². The molecular weight excluding hydrogens is 438 g/mol. The van der Waals surface area contributed by atoms with Crippen molar-refractivity contribution in [2.24, 2.45) is 11.8 Å². The first kappa shape index (κ1) is 32.1. The van der Waals surface area contributed by atoms with Crippen molar-refractivity contribution < 1.29 is 29.3 Å². The summed E-state index contributed by atoms with van der Waals surface area (Å²) in [6.45, 7) is 14.9. The van der Waals surface area contributed by atoms with E-state index in [0.717, 1.165) is 19.3 Å². The Kier molecular flexibility index (Phi) is 15.0. The normalized spacial score (nSPS) is 16.2. The molecule has 0 aromatic carbocycles. The molecule has 34 heavy (non-hydrogen) atoms. The summed E-state index contributed by atoms with van der Waals surface area (Å²) < 4.78 is 5.29. The number of hydrogen-bond acceptors (Lipinski definition) is 6. The lowest BCUT2D eigenvalue weighted by Gasteiger charge is -2.29. The highest BCUT2D eigenvalue weighted by Gasteiger charge is 2.30. The van der Waals surface area contributed by atoms with E-state index >= 15 is 0 Å². The Balaban J connectivity index is 5.31. The summed E-state index contributed by atoms with van der Waals surface area (Å²) in [6.07, 6.45) is 1.27. The predicted octanol–water partition coefficient (Wildman–Crippen LogP) is 2.88. The summed E-state index contributed by atoms with van der Waals surface area (Å²) in [5.41, 5.74) is -0.693. The third-order valence-electron chi connectivity index (χ3n) is 5.64. The van der Waals surface area contributed by atoms with Crippen molar-refractivity contribution in [3.63, 3.8) is 0 Å². The highest BCUT2D eigenvalue weighted by molar-refractivity contribution is 5.86. The van der Waals surface area contributed by atoms with Crippen LogP contribution < -0.4 is 16.0 Å². The van der Waals surface area contributed by atoms with Crippen molar-refractivity contribution in [1.82, 2.24) is 16.0 Å². The third kappa shape index (κ3) is 13.7. The topological polar surface area (TPSA) is 137 Å². The average Bonchev–Trinajstić information content (AvgIpc) is 2.71. The molecular formula is C25H49N3O6. The second kappa shape index (κ2) is 15.9. The lowest BCUT2D eigenvalue weighted by molar-refractivity contribution is -0.128. The van der Waals surface area contributed by atoms with E-state index in [1.807, 2.05) is 34.6 Å². The van der Waals surface area contributed by atoms with Crippen LogP contribution in [-0.4, -0.2) is 64.6 Å². The van der Waals surface area contributed by atoms with E-state index in [4.69, 9.17) is 4.74 Å². The molecule has 0 heterocycles. The molecule has 0 unspecified atom stereocenters. The summed E-state index contributed by atoms with van der Waals surface area (Å²) in [6, 6.07) is -1.87. The number of aliphatic hydroxyl groups excluding tert-OH is 2. The minimum absolute atomic E-state index is 0.0931. The van der Waals surface area contributed by atoms with Gasteiger partial charge in [-0.2, -0.15) is 0 Å². The molecule has 3 amide bonds. The maximum atomic E-state index is 13.1. The minimum Gasteiger partial charge on any atom is -0.444 e. The molecule has 0 saturated carbocycles. The molecule has 0 rings (SSSR count). The number of ether oxygens (including phenoxy) is 1. The summed E-state index contributed by atoms with van der Waals surface area (Å²) in [5, 5.41) is 28.6. The second-order valence-electron chi connectivity index (χ2n) is 10.6. The molecule has 5 atom stereocenters. The van der Waals surface area contributed by atoms with E-state index in [2.05, 4.69) is 16.0 Å². The molecule has 0 spiro atoms. The fourth-order valence-corrected chi connectivity index (χ4v) is 3.48. The van der Waals surface area contributed by atoms with Gasteiger partial charge in [-0.1, -0.05) is 53.9 Å². The largest absolute Gasteiger partial charge is 0.444 e. The van der Waals surface area contributed by atoms with E-state index < -0.39 is 35.8 Å². The molecule has 9 heteroatoms. The quantitative estimate of drug-likeness (QED) is 0.241. The van der Waals surface area contributed by atoms with E-state index in [1.165, 1.54) is 0 Å². The molecule has 0 saturated heterocycles. The maximum absolute atomic E-state index is 13.1. The summed E-state index contributed by atoms with van der Waals surface area (Å²) in [7, 11) is 0. The Hall–Kier alpha value is -1.87. The number of hydrogen-bond donors (Lipinski definition) is 5. The SMILES string of the molecule is CCCC[C@H](NC(=O)OC(C)(C)C)C(=O)N[C@@H](CC(C)C)[C@@H](O)CC(=O)N[C@H](CO)[C@@H](C)CC. The zero-order valence-electron chi connectivity index (χ0n) is 22.4. The van der Waals surface area contributed by atoms with E-state index in [0.29, 0.717) is 12.8 Å². The van der Waals surface area contributed by atoms with Gasteiger partial charge in [0.15, 0.2) is 0 Å². The van der Waals surface area contributed by atoms with Crippen molar-refractivity contribution >= 4 is 17.9 Å². The Morgan fingerprint density at radius 3 is 2.06 bits per heavy atom. The van der Waals surface area contributed by atoms with Crippen LogP contribution in [-0.2, 0) is 14.3 Å². The molecule has 0 aromatic heterocycles. The van der Waals surface area contributed by atoms with E-state index in [9.17, 15) is 24.6 Å². The number of alkyl carbamates (subject to hydrolysis) is 1. The predicted molar refractivity (Wildman–Crippen MR) is 133 cm³/mol. The first-order valence-corrected chi connectivity index (χ1v) is 12.6. The molecule has 0 aliphatic heterocycles. The summed E-state index contributed by atoms with van der Waals surface area (Å²) >= 11 is 0. The lowest BCUT2D eigenvalue weighted by atomic mass is 9.95. The molecule has 0 radical (unpaired) electrons. The molecule has 200 valence electrons. The summed E-state index contributed by atoms with van der Waals surface area (Å²) in [5.74, 6) is -0.557. The molecule has 0 aliphatic rings. The Morgan fingerprint density at radius 1 is 0.971 bits per heavy atom. The van der Waals surface area contributed by atoms with Crippen molar-refractivity contribution in [2.45, 2.75) is 124 Å². The summed E-state index contributed by atoms with van der Waals surface area (Å²) in [4.78, 5) is 37.8. The monoisotopic (exact) mass is 487 g/mol.